The standard InChI is InChI=1S/C24H29N5O2S/c1-15-17(3)32-23-20(15)21(26-14-27-23)28-16(2)22(30)25-13-18-7-9-19(10-8-18)24(31)29-11-5-4-6-12-29/h7-10,14,16H,4-6,11-13H2,1-3H3,(H,25,30)(H,26,27,28)/t16-/m1/s1. The summed E-state index contributed by atoms with van der Waals surface area (Å²) in [7, 11) is 0. The molecule has 0 unspecified atom stereocenters. The quantitative estimate of drug-likeness (QED) is 0.590. The fourth-order valence-electron chi connectivity index (χ4n) is 3.95. The summed E-state index contributed by atoms with van der Waals surface area (Å²) in [5.41, 5.74) is 2.79. The molecular formula is C24H29N5O2S. The first-order chi connectivity index (χ1) is 15.4. The minimum atomic E-state index is -0.451. The van der Waals surface area contributed by atoms with Crippen LogP contribution in [0.2, 0.25) is 0 Å². The van der Waals surface area contributed by atoms with Crippen LogP contribution in [0.4, 0.5) is 5.82 Å². The number of aryl methyl sites for hydroxylation is 2. The molecule has 1 aromatic carbocycles. The minimum Gasteiger partial charge on any atom is -0.358 e. The number of nitrogens with one attached hydrogen (secondary N) is 2. The number of carbonyl (C=O) groups excluding carboxylic acids is 2. The van der Waals surface area contributed by atoms with E-state index in [1.807, 2.05) is 43.0 Å². The van der Waals surface area contributed by atoms with Crippen molar-refractivity contribution < 1.29 is 9.59 Å². The summed E-state index contributed by atoms with van der Waals surface area (Å²) in [5, 5.41) is 7.17. The molecule has 1 aliphatic heterocycles. The Bertz CT molecular complexity index is 1120. The van der Waals surface area contributed by atoms with Crippen LogP contribution >= 0.6 is 11.3 Å². The Labute approximate surface area is 192 Å². The van der Waals surface area contributed by atoms with Crippen molar-refractivity contribution in [1.82, 2.24) is 20.2 Å². The number of thiophene rings is 1. The molecule has 3 heterocycles. The average molecular weight is 452 g/mol. The van der Waals surface area contributed by atoms with E-state index in [1.165, 1.54) is 17.6 Å². The van der Waals surface area contributed by atoms with Crippen molar-refractivity contribution in [2.75, 3.05) is 18.4 Å². The molecule has 8 heteroatoms. The maximum Gasteiger partial charge on any atom is 0.253 e. The van der Waals surface area contributed by atoms with Gasteiger partial charge in [-0.25, -0.2) is 9.97 Å². The summed E-state index contributed by atoms with van der Waals surface area (Å²) < 4.78 is 0. The van der Waals surface area contributed by atoms with E-state index in [0.29, 0.717) is 17.9 Å². The third-order valence-electron chi connectivity index (χ3n) is 6.02. The number of carbonyl (C=O) groups is 2. The topological polar surface area (TPSA) is 87.2 Å². The fourth-order valence-corrected chi connectivity index (χ4v) is 4.95. The summed E-state index contributed by atoms with van der Waals surface area (Å²) in [6.07, 6.45) is 4.88. The molecule has 0 saturated carbocycles. The van der Waals surface area contributed by atoms with Crippen molar-refractivity contribution in [2.45, 2.75) is 52.6 Å². The predicted octanol–water partition coefficient (Wildman–Crippen LogP) is 4.05. The third-order valence-corrected chi connectivity index (χ3v) is 7.14. The van der Waals surface area contributed by atoms with E-state index in [2.05, 4.69) is 27.5 Å². The average Bonchev–Trinajstić information content (AvgIpc) is 3.12. The summed E-state index contributed by atoms with van der Waals surface area (Å²) in [6.45, 7) is 8.01. The SMILES string of the molecule is Cc1sc2ncnc(N[C@H](C)C(=O)NCc3ccc(C(=O)N4CCCCC4)cc3)c2c1C. The van der Waals surface area contributed by atoms with E-state index in [0.717, 1.165) is 47.3 Å². The van der Waals surface area contributed by atoms with E-state index < -0.39 is 6.04 Å². The van der Waals surface area contributed by atoms with Crippen molar-refractivity contribution in [3.8, 4) is 0 Å². The highest BCUT2D eigenvalue weighted by Gasteiger charge is 2.19. The van der Waals surface area contributed by atoms with E-state index in [9.17, 15) is 9.59 Å². The minimum absolute atomic E-state index is 0.0910. The number of amides is 2. The molecule has 0 bridgehead atoms. The van der Waals surface area contributed by atoms with Crippen molar-refractivity contribution in [2.24, 2.45) is 0 Å². The summed E-state index contributed by atoms with van der Waals surface area (Å²) in [5.74, 6) is 0.656. The molecular weight excluding hydrogens is 422 g/mol. The number of nitrogens with zero attached hydrogens (tertiary/aromatic N) is 3. The van der Waals surface area contributed by atoms with Gasteiger partial charge in [-0.3, -0.25) is 9.59 Å². The molecule has 168 valence electrons. The van der Waals surface area contributed by atoms with Crippen LogP contribution < -0.4 is 10.6 Å². The van der Waals surface area contributed by atoms with Gasteiger partial charge < -0.3 is 15.5 Å². The molecule has 4 rings (SSSR count). The molecule has 1 atom stereocenters. The fraction of sp³-hybridized carbons (Fsp3) is 0.417. The normalized spacial score (nSPS) is 14.9. The maximum absolute atomic E-state index is 12.7. The van der Waals surface area contributed by atoms with Gasteiger partial charge in [0.25, 0.3) is 5.91 Å². The Balaban J connectivity index is 1.34. The molecule has 1 saturated heterocycles. The maximum atomic E-state index is 12.7. The molecule has 32 heavy (non-hydrogen) atoms. The Morgan fingerprint density at radius 1 is 1.09 bits per heavy atom. The van der Waals surface area contributed by atoms with Gasteiger partial charge >= 0.3 is 0 Å². The number of fused-ring (bicyclic) bond motifs is 1. The van der Waals surface area contributed by atoms with Crippen LogP contribution in [0.25, 0.3) is 10.2 Å². The predicted molar refractivity (Wildman–Crippen MR) is 128 cm³/mol. The smallest absolute Gasteiger partial charge is 0.253 e. The first-order valence-corrected chi connectivity index (χ1v) is 11.9. The van der Waals surface area contributed by atoms with Crippen LogP contribution in [0.3, 0.4) is 0 Å². The second-order valence-corrected chi connectivity index (χ2v) is 9.52. The lowest BCUT2D eigenvalue weighted by atomic mass is 10.1. The number of piperidine rings is 1. The van der Waals surface area contributed by atoms with Crippen LogP contribution in [-0.4, -0.2) is 45.8 Å². The van der Waals surface area contributed by atoms with Gasteiger partial charge in [-0.05, 0) is 63.3 Å². The first-order valence-electron chi connectivity index (χ1n) is 11.1. The number of hydrogen-bond donors (Lipinski definition) is 2. The lowest BCUT2D eigenvalue weighted by molar-refractivity contribution is -0.121. The molecule has 1 aliphatic rings. The Hall–Kier alpha value is -3.00. The van der Waals surface area contributed by atoms with E-state index in [4.69, 9.17) is 0 Å². The van der Waals surface area contributed by atoms with Gasteiger partial charge in [0.2, 0.25) is 5.91 Å². The van der Waals surface area contributed by atoms with Crippen molar-refractivity contribution in [3.05, 3.63) is 52.2 Å². The lowest BCUT2D eigenvalue weighted by Crippen LogP contribution is -2.37. The van der Waals surface area contributed by atoms with Crippen LogP contribution in [0.1, 0.15) is 52.5 Å². The van der Waals surface area contributed by atoms with E-state index in [1.54, 1.807) is 11.3 Å². The molecule has 1 fully saturated rings. The third kappa shape index (κ3) is 4.75. The number of anilines is 1. The van der Waals surface area contributed by atoms with Gasteiger partial charge in [-0.2, -0.15) is 0 Å². The summed E-state index contributed by atoms with van der Waals surface area (Å²) >= 11 is 1.63. The second-order valence-electron chi connectivity index (χ2n) is 8.32. The molecule has 0 aliphatic carbocycles. The van der Waals surface area contributed by atoms with E-state index >= 15 is 0 Å². The molecule has 2 N–H and O–H groups in total. The van der Waals surface area contributed by atoms with E-state index in [-0.39, 0.29) is 11.8 Å². The largest absolute Gasteiger partial charge is 0.358 e. The van der Waals surface area contributed by atoms with Gasteiger partial charge in [0, 0.05) is 30.1 Å². The van der Waals surface area contributed by atoms with Crippen LogP contribution in [-0.2, 0) is 11.3 Å². The van der Waals surface area contributed by atoms with Gasteiger partial charge in [0.1, 0.15) is 23.0 Å². The zero-order valence-corrected chi connectivity index (χ0v) is 19.6. The van der Waals surface area contributed by atoms with Crippen LogP contribution in [0.15, 0.2) is 30.6 Å². The summed E-state index contributed by atoms with van der Waals surface area (Å²) in [4.78, 5) is 38.0. The highest BCUT2D eigenvalue weighted by molar-refractivity contribution is 7.18. The monoisotopic (exact) mass is 451 g/mol. The van der Waals surface area contributed by atoms with Crippen LogP contribution in [0, 0.1) is 13.8 Å². The molecule has 7 nitrogen and oxygen atoms in total. The van der Waals surface area contributed by atoms with Crippen molar-refractivity contribution in [1.29, 1.82) is 0 Å². The number of likely N-dealkylation sites (tertiary alicyclic amines) is 1. The first kappa shape index (κ1) is 22.2. The van der Waals surface area contributed by atoms with Crippen molar-refractivity contribution in [3.63, 3.8) is 0 Å². The highest BCUT2D eigenvalue weighted by Crippen LogP contribution is 2.32. The molecule has 0 radical (unpaired) electrons. The van der Waals surface area contributed by atoms with Gasteiger partial charge in [-0.1, -0.05) is 12.1 Å². The number of rotatable bonds is 6. The second kappa shape index (κ2) is 9.65. The van der Waals surface area contributed by atoms with Gasteiger partial charge in [0.05, 0.1) is 5.39 Å². The number of hydrogen-bond acceptors (Lipinski definition) is 6. The molecule has 2 amide bonds. The molecule has 3 aromatic rings. The van der Waals surface area contributed by atoms with Gasteiger partial charge in [0.15, 0.2) is 0 Å². The zero-order valence-electron chi connectivity index (χ0n) is 18.8. The van der Waals surface area contributed by atoms with Crippen molar-refractivity contribution >= 4 is 39.2 Å². The number of benzene rings is 1. The molecule has 2 aromatic heterocycles. The Morgan fingerprint density at radius 2 is 1.81 bits per heavy atom. The highest BCUT2D eigenvalue weighted by atomic mass is 32.1. The number of aromatic nitrogens is 2. The zero-order chi connectivity index (χ0) is 22.7. The Morgan fingerprint density at radius 3 is 2.53 bits per heavy atom. The van der Waals surface area contributed by atoms with Crippen LogP contribution in [0.5, 0.6) is 0 Å². The summed E-state index contributed by atoms with van der Waals surface area (Å²) in [6, 6.07) is 7.05. The molecule has 0 spiro atoms. The lowest BCUT2D eigenvalue weighted by Gasteiger charge is -2.26. The van der Waals surface area contributed by atoms with Gasteiger partial charge in [-0.15, -0.1) is 11.3 Å². The Kier molecular flexibility index (Phi) is 6.69.